The van der Waals surface area contributed by atoms with Crippen LogP contribution in [-0.2, 0) is 16.5 Å². The number of carbonyl (C=O) groups excluding carboxylic acids is 2. The Balaban J connectivity index is 1.90. The molecule has 0 aliphatic carbocycles. The van der Waals surface area contributed by atoms with Gasteiger partial charge in [0.2, 0.25) is 5.91 Å². The molecule has 29 heavy (non-hydrogen) atoms. The van der Waals surface area contributed by atoms with Crippen LogP contribution in [0.15, 0.2) is 47.6 Å². The molecule has 1 aliphatic rings. The van der Waals surface area contributed by atoms with E-state index >= 15 is 0 Å². The second-order valence-corrected chi connectivity index (χ2v) is 6.81. The Kier molecular flexibility index (Phi) is 5.04. The normalized spacial score (nSPS) is 19.7. The molecule has 10 heteroatoms. The average molecular weight is 405 g/mol. The van der Waals surface area contributed by atoms with Crippen molar-refractivity contribution < 1.29 is 22.8 Å². The van der Waals surface area contributed by atoms with Crippen molar-refractivity contribution in [3.63, 3.8) is 0 Å². The number of alkyl halides is 3. The van der Waals surface area contributed by atoms with Crippen LogP contribution in [0.25, 0.3) is 0 Å². The highest BCUT2D eigenvalue weighted by Gasteiger charge is 2.37. The van der Waals surface area contributed by atoms with Crippen LogP contribution in [0.1, 0.15) is 35.0 Å². The van der Waals surface area contributed by atoms with Gasteiger partial charge in [-0.15, -0.1) is 0 Å². The number of carbonyl (C=O) groups is 2. The Morgan fingerprint density at radius 1 is 1.28 bits per heavy atom. The molecule has 0 saturated carbocycles. The largest absolute Gasteiger partial charge is 0.418 e. The molecule has 0 saturated heterocycles. The van der Waals surface area contributed by atoms with Crippen molar-refractivity contribution >= 4 is 23.5 Å². The molecular formula is C19H18F3N5O2. The van der Waals surface area contributed by atoms with Gasteiger partial charge in [-0.05, 0) is 36.8 Å². The van der Waals surface area contributed by atoms with Gasteiger partial charge in [0, 0.05) is 18.9 Å². The van der Waals surface area contributed by atoms with E-state index in [1.165, 1.54) is 18.0 Å². The van der Waals surface area contributed by atoms with E-state index in [2.05, 4.69) is 15.3 Å². The third-order valence-electron chi connectivity index (χ3n) is 4.65. The van der Waals surface area contributed by atoms with Crippen LogP contribution in [0.5, 0.6) is 0 Å². The summed E-state index contributed by atoms with van der Waals surface area (Å²) in [6.07, 6.45) is -3.54. The smallest absolute Gasteiger partial charge is 0.369 e. The van der Waals surface area contributed by atoms with Crippen molar-refractivity contribution in [2.45, 2.75) is 25.1 Å². The van der Waals surface area contributed by atoms with Gasteiger partial charge >= 0.3 is 6.18 Å². The van der Waals surface area contributed by atoms with E-state index in [9.17, 15) is 22.8 Å². The molecule has 3 rings (SSSR count). The Morgan fingerprint density at radius 2 is 2.00 bits per heavy atom. The number of pyridine rings is 1. The minimum absolute atomic E-state index is 0.0556. The van der Waals surface area contributed by atoms with E-state index in [4.69, 9.17) is 5.73 Å². The van der Waals surface area contributed by atoms with Gasteiger partial charge in [-0.3, -0.25) is 19.5 Å². The topological polar surface area (TPSA) is 101 Å². The highest BCUT2D eigenvalue weighted by atomic mass is 19.4. The quantitative estimate of drug-likeness (QED) is 0.820. The van der Waals surface area contributed by atoms with Crippen molar-refractivity contribution in [2.75, 3.05) is 12.4 Å². The third-order valence-corrected chi connectivity index (χ3v) is 4.65. The minimum Gasteiger partial charge on any atom is -0.369 e. The second-order valence-electron chi connectivity index (χ2n) is 6.81. The first-order chi connectivity index (χ1) is 13.5. The molecule has 0 radical (unpaired) electrons. The number of nitrogens with two attached hydrogens (primary N) is 1. The first-order valence-corrected chi connectivity index (χ1v) is 8.57. The zero-order valence-corrected chi connectivity index (χ0v) is 15.6. The Hall–Kier alpha value is -3.43. The van der Waals surface area contributed by atoms with Gasteiger partial charge < -0.3 is 11.1 Å². The molecule has 3 N–H and O–H groups in total. The van der Waals surface area contributed by atoms with E-state index in [-0.39, 0.29) is 24.0 Å². The van der Waals surface area contributed by atoms with Gasteiger partial charge in [0.25, 0.3) is 5.91 Å². The average Bonchev–Trinajstić information content (AvgIpc) is 2.65. The molecular weight excluding hydrogens is 387 g/mol. The Bertz CT molecular complexity index is 1010. The summed E-state index contributed by atoms with van der Waals surface area (Å²) in [5, 5.41) is 2.42. The number of nitrogens with zero attached hydrogens (tertiary/aromatic N) is 3. The van der Waals surface area contributed by atoms with Crippen molar-refractivity contribution in [3.05, 3.63) is 59.4 Å². The highest BCUT2D eigenvalue weighted by molar-refractivity contribution is 6.04. The molecule has 0 fully saturated rings. The summed E-state index contributed by atoms with van der Waals surface area (Å²) < 4.78 is 39.4. The van der Waals surface area contributed by atoms with Crippen LogP contribution in [0.3, 0.4) is 0 Å². The summed E-state index contributed by atoms with van der Waals surface area (Å²) in [7, 11) is 1.52. The number of hydrogen-bond acceptors (Lipinski definition) is 5. The first-order valence-electron chi connectivity index (χ1n) is 8.57. The molecule has 2 amide bonds. The Morgan fingerprint density at radius 3 is 2.66 bits per heavy atom. The van der Waals surface area contributed by atoms with E-state index in [0.717, 1.165) is 18.3 Å². The lowest BCUT2D eigenvalue weighted by atomic mass is 9.87. The molecule has 1 aliphatic heterocycles. The van der Waals surface area contributed by atoms with Crippen LogP contribution in [0.4, 0.5) is 18.9 Å². The number of guanidine groups is 1. The summed E-state index contributed by atoms with van der Waals surface area (Å²) in [6.45, 7) is 1.71. The molecule has 1 aromatic carbocycles. The minimum atomic E-state index is -4.71. The zero-order valence-electron chi connectivity index (χ0n) is 15.6. The second kappa shape index (κ2) is 7.19. The van der Waals surface area contributed by atoms with Crippen molar-refractivity contribution in [2.24, 2.45) is 10.7 Å². The van der Waals surface area contributed by atoms with Crippen molar-refractivity contribution in [3.8, 4) is 0 Å². The lowest BCUT2D eigenvalue weighted by Gasteiger charge is -2.33. The fourth-order valence-electron chi connectivity index (χ4n) is 3.01. The summed E-state index contributed by atoms with van der Waals surface area (Å²) in [6, 6.07) is 8.27. The number of nitrogens with one attached hydrogen (secondary N) is 1. The molecule has 152 valence electrons. The summed E-state index contributed by atoms with van der Waals surface area (Å²) in [5.74, 6) is -1.16. The van der Waals surface area contributed by atoms with Crippen LogP contribution >= 0.6 is 0 Å². The van der Waals surface area contributed by atoms with Gasteiger partial charge in [-0.2, -0.15) is 13.2 Å². The number of rotatable bonds is 3. The highest BCUT2D eigenvalue weighted by Crippen LogP contribution is 2.34. The third kappa shape index (κ3) is 4.05. The molecule has 0 spiro atoms. The lowest BCUT2D eigenvalue weighted by Crippen LogP contribution is -2.47. The van der Waals surface area contributed by atoms with Crippen LogP contribution in [-0.4, -0.2) is 34.7 Å². The fourth-order valence-corrected chi connectivity index (χ4v) is 3.01. The molecule has 2 heterocycles. The van der Waals surface area contributed by atoms with Crippen molar-refractivity contribution in [1.82, 2.24) is 9.88 Å². The van der Waals surface area contributed by atoms with Crippen LogP contribution < -0.4 is 11.1 Å². The predicted octanol–water partition coefficient (Wildman–Crippen LogP) is 2.74. The number of halogens is 3. The first kappa shape index (κ1) is 20.3. The maximum atomic E-state index is 13.1. The SMILES string of the molecule is CN1C(=O)C[C@@](C)(c2cccc(NC(=O)c3ncccc3C(F)(F)F)c2)N=C1N. The van der Waals surface area contributed by atoms with Crippen LogP contribution in [0, 0.1) is 0 Å². The van der Waals surface area contributed by atoms with Crippen LogP contribution in [0.2, 0.25) is 0 Å². The lowest BCUT2D eigenvalue weighted by molar-refractivity contribution is -0.138. The van der Waals surface area contributed by atoms with Gasteiger partial charge in [0.05, 0.1) is 17.5 Å². The zero-order chi connectivity index (χ0) is 21.4. The number of amides is 2. The molecule has 7 nitrogen and oxygen atoms in total. The maximum absolute atomic E-state index is 13.1. The molecule has 2 aromatic rings. The number of aromatic nitrogens is 1. The summed E-state index contributed by atoms with van der Waals surface area (Å²) in [5.41, 5.74) is 3.81. The van der Waals surface area contributed by atoms with E-state index in [0.29, 0.717) is 5.56 Å². The predicted molar refractivity (Wildman–Crippen MR) is 100.0 cm³/mol. The summed E-state index contributed by atoms with van der Waals surface area (Å²) >= 11 is 0. The fraction of sp³-hybridized carbons (Fsp3) is 0.263. The van der Waals surface area contributed by atoms with Gasteiger partial charge in [-0.25, -0.2) is 4.99 Å². The maximum Gasteiger partial charge on any atom is 0.418 e. The van der Waals surface area contributed by atoms with E-state index < -0.39 is 28.9 Å². The Labute approximate surface area is 164 Å². The summed E-state index contributed by atoms with van der Waals surface area (Å²) in [4.78, 5) is 33.8. The standard InChI is InChI=1S/C19H18F3N5O2/c1-18(10-14(28)27(2)17(23)26-18)11-5-3-6-12(9-11)25-16(29)15-13(19(20,21)22)7-4-8-24-15/h3-9H,10H2,1-2H3,(H2,23,26)(H,25,29)/t18-/m0/s1. The van der Waals surface area contributed by atoms with E-state index in [1.807, 2.05) is 0 Å². The molecule has 1 aromatic heterocycles. The van der Waals surface area contributed by atoms with Gasteiger partial charge in [-0.1, -0.05) is 12.1 Å². The number of hydrogen-bond donors (Lipinski definition) is 2. The van der Waals surface area contributed by atoms with Gasteiger partial charge in [0.1, 0.15) is 5.69 Å². The number of benzene rings is 1. The monoisotopic (exact) mass is 405 g/mol. The molecule has 1 atom stereocenters. The number of aliphatic imine (C=N–C) groups is 1. The van der Waals surface area contributed by atoms with Crippen molar-refractivity contribution in [1.29, 1.82) is 0 Å². The number of anilines is 1. The molecule has 0 bridgehead atoms. The van der Waals surface area contributed by atoms with E-state index in [1.54, 1.807) is 25.1 Å². The van der Waals surface area contributed by atoms with Gasteiger partial charge in [0.15, 0.2) is 5.96 Å². The molecule has 0 unspecified atom stereocenters.